The molecular formula is C22H24F2N2O4S. The Kier molecular flexibility index (Phi) is 6.13. The van der Waals surface area contributed by atoms with Crippen LogP contribution in [0.2, 0.25) is 0 Å². The molecule has 0 aromatic heterocycles. The van der Waals surface area contributed by atoms with Gasteiger partial charge in [-0.1, -0.05) is 30.3 Å². The Morgan fingerprint density at radius 3 is 2.23 bits per heavy atom. The molecule has 0 bridgehead atoms. The standard InChI is InChI=1S/C22H24F2N2O4S/c23-19-10-18(25-22(27)30-12-15-4-2-1-3-5-15)11-20(24)21(19)26-8-6-16(7-9-26)17-13-31(28,29)14-17/h1-5,10-11,16-17H,6-9,12-14H2,(H,25,27). The van der Waals surface area contributed by atoms with Gasteiger partial charge in [0.05, 0.1) is 11.5 Å². The summed E-state index contributed by atoms with van der Waals surface area (Å²) in [5, 5.41) is 2.35. The number of nitrogens with one attached hydrogen (secondary N) is 1. The van der Waals surface area contributed by atoms with E-state index in [0.717, 1.165) is 17.7 Å². The van der Waals surface area contributed by atoms with E-state index in [-0.39, 0.29) is 41.3 Å². The van der Waals surface area contributed by atoms with Gasteiger partial charge >= 0.3 is 6.09 Å². The molecule has 0 spiro atoms. The molecule has 4 rings (SSSR count). The maximum Gasteiger partial charge on any atom is 0.411 e. The van der Waals surface area contributed by atoms with Gasteiger partial charge < -0.3 is 9.64 Å². The molecule has 166 valence electrons. The number of benzene rings is 2. The van der Waals surface area contributed by atoms with Gasteiger partial charge in [0.1, 0.15) is 12.3 Å². The fourth-order valence-corrected chi connectivity index (χ4v) is 6.04. The van der Waals surface area contributed by atoms with Crippen LogP contribution in [0.4, 0.5) is 25.0 Å². The number of anilines is 2. The summed E-state index contributed by atoms with van der Waals surface area (Å²) in [6.07, 6.45) is 0.599. The predicted molar refractivity (Wildman–Crippen MR) is 114 cm³/mol. The zero-order valence-electron chi connectivity index (χ0n) is 16.9. The first-order valence-electron chi connectivity index (χ1n) is 10.2. The van der Waals surface area contributed by atoms with Gasteiger partial charge in [0.15, 0.2) is 21.5 Å². The number of sulfone groups is 1. The molecule has 2 aromatic rings. The molecule has 0 atom stereocenters. The van der Waals surface area contributed by atoms with Gasteiger partial charge in [-0.05, 0) is 42.4 Å². The van der Waals surface area contributed by atoms with Crippen molar-refractivity contribution in [1.29, 1.82) is 0 Å². The largest absolute Gasteiger partial charge is 0.444 e. The second-order valence-corrected chi connectivity index (χ2v) is 10.3. The topological polar surface area (TPSA) is 75.7 Å². The minimum absolute atomic E-state index is 0.0219. The van der Waals surface area contributed by atoms with E-state index in [2.05, 4.69) is 5.32 Å². The molecular weight excluding hydrogens is 426 g/mol. The van der Waals surface area contributed by atoms with Crippen LogP contribution in [0.15, 0.2) is 42.5 Å². The first kappa shape index (κ1) is 21.5. The summed E-state index contributed by atoms with van der Waals surface area (Å²) in [7, 11) is -2.87. The summed E-state index contributed by atoms with van der Waals surface area (Å²) in [5.74, 6) is -0.644. The van der Waals surface area contributed by atoms with Crippen LogP contribution >= 0.6 is 0 Å². The van der Waals surface area contributed by atoms with E-state index in [0.29, 0.717) is 25.9 Å². The van der Waals surface area contributed by atoms with Gasteiger partial charge in [-0.25, -0.2) is 22.0 Å². The summed E-state index contributed by atoms with van der Waals surface area (Å²) in [5.41, 5.74) is 0.655. The first-order valence-corrected chi connectivity index (χ1v) is 12.0. The lowest BCUT2D eigenvalue weighted by Gasteiger charge is -2.40. The van der Waals surface area contributed by atoms with Crippen molar-refractivity contribution >= 4 is 27.3 Å². The maximum atomic E-state index is 14.7. The molecule has 0 radical (unpaired) electrons. The number of halogens is 2. The number of nitrogens with zero attached hydrogens (tertiary/aromatic N) is 1. The Balaban J connectivity index is 1.33. The predicted octanol–water partition coefficient (Wildman–Crippen LogP) is 3.97. The van der Waals surface area contributed by atoms with Crippen molar-refractivity contribution in [2.45, 2.75) is 19.4 Å². The monoisotopic (exact) mass is 450 g/mol. The number of amides is 1. The van der Waals surface area contributed by atoms with Crippen molar-refractivity contribution in [3.8, 4) is 0 Å². The Bertz CT molecular complexity index is 1020. The van der Waals surface area contributed by atoms with Crippen LogP contribution in [-0.2, 0) is 21.2 Å². The van der Waals surface area contributed by atoms with Gasteiger partial charge in [-0.15, -0.1) is 0 Å². The minimum Gasteiger partial charge on any atom is -0.444 e. The SMILES string of the molecule is O=C(Nc1cc(F)c(N2CCC(C3CS(=O)(=O)C3)CC2)c(F)c1)OCc1ccccc1. The number of piperidine rings is 1. The van der Waals surface area contributed by atoms with Crippen molar-refractivity contribution in [1.82, 2.24) is 0 Å². The highest BCUT2D eigenvalue weighted by Gasteiger charge is 2.40. The molecule has 9 heteroatoms. The van der Waals surface area contributed by atoms with Crippen molar-refractivity contribution in [2.24, 2.45) is 11.8 Å². The molecule has 0 aliphatic carbocycles. The third kappa shape index (κ3) is 5.15. The van der Waals surface area contributed by atoms with Crippen LogP contribution < -0.4 is 10.2 Å². The van der Waals surface area contributed by atoms with E-state index in [9.17, 15) is 22.0 Å². The summed E-state index contributed by atoms with van der Waals surface area (Å²) >= 11 is 0. The highest BCUT2D eigenvalue weighted by atomic mass is 32.2. The normalized spacial score (nSPS) is 19.0. The lowest BCUT2D eigenvalue weighted by Crippen LogP contribution is -2.46. The molecule has 0 saturated carbocycles. The van der Waals surface area contributed by atoms with Gasteiger partial charge in [-0.3, -0.25) is 5.32 Å². The fraction of sp³-hybridized carbons (Fsp3) is 0.409. The van der Waals surface area contributed by atoms with E-state index in [1.165, 1.54) is 0 Å². The van der Waals surface area contributed by atoms with Crippen LogP contribution in [0.1, 0.15) is 18.4 Å². The molecule has 1 amide bonds. The lowest BCUT2D eigenvalue weighted by molar-refractivity contribution is 0.155. The molecule has 2 fully saturated rings. The number of hydrogen-bond donors (Lipinski definition) is 1. The van der Waals surface area contributed by atoms with E-state index in [4.69, 9.17) is 4.74 Å². The van der Waals surface area contributed by atoms with Crippen molar-refractivity contribution in [3.63, 3.8) is 0 Å². The van der Waals surface area contributed by atoms with Gasteiger partial charge in [0.25, 0.3) is 0 Å². The number of carbonyl (C=O) groups excluding carboxylic acids is 1. The van der Waals surface area contributed by atoms with E-state index in [1.54, 1.807) is 17.0 Å². The molecule has 2 aromatic carbocycles. The first-order chi connectivity index (χ1) is 14.8. The summed E-state index contributed by atoms with van der Waals surface area (Å²) < 4.78 is 57.2. The van der Waals surface area contributed by atoms with Gasteiger partial charge in [0, 0.05) is 18.8 Å². The summed E-state index contributed by atoms with van der Waals surface area (Å²) in [4.78, 5) is 13.6. The third-order valence-electron chi connectivity index (χ3n) is 5.93. The molecule has 6 nitrogen and oxygen atoms in total. The number of hydrogen-bond acceptors (Lipinski definition) is 5. The molecule has 2 aliphatic rings. The lowest BCUT2D eigenvalue weighted by atomic mass is 9.86. The van der Waals surface area contributed by atoms with Crippen LogP contribution in [0.25, 0.3) is 0 Å². The van der Waals surface area contributed by atoms with Crippen molar-refractivity contribution < 1.29 is 26.7 Å². The zero-order chi connectivity index (χ0) is 22.0. The second-order valence-electron chi connectivity index (χ2n) is 8.14. The summed E-state index contributed by atoms with van der Waals surface area (Å²) in [6, 6.07) is 11.2. The van der Waals surface area contributed by atoms with Crippen LogP contribution in [0.5, 0.6) is 0 Å². The maximum absolute atomic E-state index is 14.7. The van der Waals surface area contributed by atoms with Gasteiger partial charge in [-0.2, -0.15) is 0 Å². The van der Waals surface area contributed by atoms with Crippen LogP contribution in [-0.4, -0.2) is 39.1 Å². The molecule has 0 unspecified atom stereocenters. The van der Waals surface area contributed by atoms with Crippen molar-refractivity contribution in [2.75, 3.05) is 34.8 Å². The van der Waals surface area contributed by atoms with E-state index >= 15 is 0 Å². The zero-order valence-corrected chi connectivity index (χ0v) is 17.7. The van der Waals surface area contributed by atoms with Crippen LogP contribution in [0, 0.1) is 23.5 Å². The van der Waals surface area contributed by atoms with Gasteiger partial charge in [0.2, 0.25) is 0 Å². The highest BCUT2D eigenvalue weighted by molar-refractivity contribution is 7.92. The molecule has 2 saturated heterocycles. The summed E-state index contributed by atoms with van der Waals surface area (Å²) in [6.45, 7) is 0.967. The Hall–Kier alpha value is -2.68. The molecule has 2 aliphatic heterocycles. The van der Waals surface area contributed by atoms with E-state index < -0.39 is 27.6 Å². The third-order valence-corrected chi connectivity index (χ3v) is 7.81. The van der Waals surface area contributed by atoms with Crippen LogP contribution in [0.3, 0.4) is 0 Å². The highest BCUT2D eigenvalue weighted by Crippen LogP contribution is 2.36. The minimum atomic E-state index is -2.87. The Labute approximate surface area is 180 Å². The molecule has 1 N–H and O–H groups in total. The molecule has 2 heterocycles. The number of rotatable bonds is 5. The van der Waals surface area contributed by atoms with Crippen molar-refractivity contribution in [3.05, 3.63) is 59.7 Å². The average Bonchev–Trinajstić information content (AvgIpc) is 2.71. The quantitative estimate of drug-likeness (QED) is 0.746. The second kappa shape index (κ2) is 8.82. The average molecular weight is 451 g/mol. The number of carbonyl (C=O) groups is 1. The molecule has 31 heavy (non-hydrogen) atoms. The number of ether oxygens (including phenoxy) is 1. The smallest absolute Gasteiger partial charge is 0.411 e. The Morgan fingerprint density at radius 1 is 1.03 bits per heavy atom. The fourth-order valence-electron chi connectivity index (χ4n) is 4.29. The van der Waals surface area contributed by atoms with E-state index in [1.807, 2.05) is 18.2 Å². The Morgan fingerprint density at radius 2 is 1.65 bits per heavy atom.